The van der Waals surface area contributed by atoms with Crippen LogP contribution in [0.1, 0.15) is 5.56 Å². The van der Waals surface area contributed by atoms with Crippen molar-refractivity contribution >= 4 is 17.5 Å². The van der Waals surface area contributed by atoms with Crippen molar-refractivity contribution in [3.63, 3.8) is 0 Å². The van der Waals surface area contributed by atoms with Crippen LogP contribution in [0.4, 0.5) is 5.69 Å². The molecule has 2 N–H and O–H groups in total. The minimum absolute atomic E-state index is 0.420. The molecule has 0 heterocycles. The Kier molecular flexibility index (Phi) is 4.14. The molecule has 0 aliphatic heterocycles. The zero-order valence-electron chi connectivity index (χ0n) is 10.8. The molecule has 0 unspecified atom stereocenters. The molecular weight excluding hydrogens is 236 g/mol. The standard InChI is InChI=1S/C12H16N2O4/c1-7-5-10(18-4)8(6-9(7)17-3)14(2)12(16)11(13)15/h5-6H,1-4H3,(H2,13,15). The quantitative estimate of drug-likeness (QED) is 0.792. The predicted octanol–water partition coefficient (Wildman–Crippen LogP) is 0.460. The van der Waals surface area contributed by atoms with E-state index in [2.05, 4.69) is 0 Å². The molecule has 0 saturated heterocycles. The van der Waals surface area contributed by atoms with Crippen LogP contribution < -0.4 is 20.1 Å². The average Bonchev–Trinajstić information content (AvgIpc) is 2.36. The molecular formula is C12H16N2O4. The van der Waals surface area contributed by atoms with E-state index >= 15 is 0 Å². The number of hydrogen-bond acceptors (Lipinski definition) is 4. The topological polar surface area (TPSA) is 81.9 Å². The summed E-state index contributed by atoms with van der Waals surface area (Å²) in [6.45, 7) is 1.85. The second-order valence-electron chi connectivity index (χ2n) is 3.72. The number of rotatable bonds is 3. The van der Waals surface area contributed by atoms with E-state index < -0.39 is 11.8 Å². The normalized spacial score (nSPS) is 9.78. The van der Waals surface area contributed by atoms with Crippen LogP contribution >= 0.6 is 0 Å². The molecule has 0 saturated carbocycles. The van der Waals surface area contributed by atoms with Crippen molar-refractivity contribution in [3.8, 4) is 11.5 Å². The summed E-state index contributed by atoms with van der Waals surface area (Å²) >= 11 is 0. The molecule has 0 aliphatic carbocycles. The summed E-state index contributed by atoms with van der Waals surface area (Å²) in [5.41, 5.74) is 6.24. The number of aryl methyl sites for hydroxylation is 1. The molecule has 0 aromatic heterocycles. The lowest BCUT2D eigenvalue weighted by Gasteiger charge is -2.20. The molecule has 1 aromatic rings. The van der Waals surface area contributed by atoms with E-state index in [-0.39, 0.29) is 0 Å². The van der Waals surface area contributed by atoms with Gasteiger partial charge in [-0.25, -0.2) is 0 Å². The Morgan fingerprint density at radius 2 is 1.72 bits per heavy atom. The number of anilines is 1. The largest absolute Gasteiger partial charge is 0.496 e. The second kappa shape index (κ2) is 5.39. The lowest BCUT2D eigenvalue weighted by atomic mass is 10.1. The van der Waals surface area contributed by atoms with E-state index in [9.17, 15) is 9.59 Å². The van der Waals surface area contributed by atoms with E-state index in [4.69, 9.17) is 15.2 Å². The molecule has 98 valence electrons. The first-order chi connectivity index (χ1) is 8.42. The summed E-state index contributed by atoms with van der Waals surface area (Å²) in [4.78, 5) is 23.6. The first-order valence-electron chi connectivity index (χ1n) is 5.22. The van der Waals surface area contributed by atoms with Crippen molar-refractivity contribution in [2.24, 2.45) is 5.73 Å². The van der Waals surface area contributed by atoms with E-state index in [1.54, 1.807) is 12.1 Å². The van der Waals surface area contributed by atoms with Crippen molar-refractivity contribution in [3.05, 3.63) is 17.7 Å². The summed E-state index contributed by atoms with van der Waals surface area (Å²) < 4.78 is 10.3. The van der Waals surface area contributed by atoms with Gasteiger partial charge in [-0.15, -0.1) is 0 Å². The Bertz CT molecular complexity index is 485. The van der Waals surface area contributed by atoms with Gasteiger partial charge in [0.1, 0.15) is 11.5 Å². The first-order valence-corrected chi connectivity index (χ1v) is 5.22. The van der Waals surface area contributed by atoms with Gasteiger partial charge in [-0.3, -0.25) is 9.59 Å². The Balaban J connectivity index is 3.29. The highest BCUT2D eigenvalue weighted by Gasteiger charge is 2.21. The number of primary amides is 1. The third kappa shape index (κ3) is 2.53. The molecule has 2 amide bonds. The van der Waals surface area contributed by atoms with Crippen LogP contribution in [0.3, 0.4) is 0 Å². The molecule has 0 radical (unpaired) electrons. The monoisotopic (exact) mass is 252 g/mol. The molecule has 0 spiro atoms. The average molecular weight is 252 g/mol. The number of methoxy groups -OCH3 is 2. The van der Waals surface area contributed by atoms with Gasteiger partial charge in [0.25, 0.3) is 0 Å². The van der Waals surface area contributed by atoms with Gasteiger partial charge in [-0.1, -0.05) is 0 Å². The smallest absolute Gasteiger partial charge is 0.315 e. The summed E-state index contributed by atoms with van der Waals surface area (Å²) in [5.74, 6) is -0.793. The van der Waals surface area contributed by atoms with Crippen LogP contribution in [0, 0.1) is 6.92 Å². The number of nitrogens with zero attached hydrogens (tertiary/aromatic N) is 1. The van der Waals surface area contributed by atoms with Gasteiger partial charge in [0, 0.05) is 13.1 Å². The highest BCUT2D eigenvalue weighted by atomic mass is 16.5. The number of benzene rings is 1. The van der Waals surface area contributed by atoms with Gasteiger partial charge >= 0.3 is 11.8 Å². The van der Waals surface area contributed by atoms with Gasteiger partial charge in [0.15, 0.2) is 0 Å². The van der Waals surface area contributed by atoms with Crippen LogP contribution in [0.15, 0.2) is 12.1 Å². The SMILES string of the molecule is COc1cc(N(C)C(=O)C(N)=O)c(OC)cc1C. The number of nitrogens with two attached hydrogens (primary N) is 1. The molecule has 6 heteroatoms. The van der Waals surface area contributed by atoms with E-state index in [0.717, 1.165) is 10.5 Å². The number of likely N-dealkylation sites (N-methyl/N-ethyl adjacent to an activating group) is 1. The highest BCUT2D eigenvalue weighted by molar-refractivity contribution is 6.39. The lowest BCUT2D eigenvalue weighted by molar-refractivity contribution is -0.135. The Morgan fingerprint density at radius 3 is 2.17 bits per heavy atom. The zero-order chi connectivity index (χ0) is 13.9. The number of carbonyl (C=O) groups is 2. The fourth-order valence-electron chi connectivity index (χ4n) is 1.57. The number of ether oxygens (including phenoxy) is 2. The van der Waals surface area contributed by atoms with Crippen molar-refractivity contribution in [1.29, 1.82) is 0 Å². The summed E-state index contributed by atoms with van der Waals surface area (Å²) in [5, 5.41) is 0. The molecule has 6 nitrogen and oxygen atoms in total. The van der Waals surface area contributed by atoms with Crippen molar-refractivity contribution in [2.75, 3.05) is 26.2 Å². The number of carbonyl (C=O) groups excluding carboxylic acids is 2. The highest BCUT2D eigenvalue weighted by Crippen LogP contribution is 2.34. The van der Waals surface area contributed by atoms with Crippen LogP contribution in [-0.4, -0.2) is 33.1 Å². The van der Waals surface area contributed by atoms with E-state index in [0.29, 0.717) is 17.2 Å². The van der Waals surface area contributed by atoms with Crippen LogP contribution in [0.2, 0.25) is 0 Å². The molecule has 1 aromatic carbocycles. The van der Waals surface area contributed by atoms with Gasteiger partial charge < -0.3 is 20.1 Å². The fraction of sp³-hybridized carbons (Fsp3) is 0.333. The Hall–Kier alpha value is -2.24. The van der Waals surface area contributed by atoms with Crippen LogP contribution in [0.5, 0.6) is 11.5 Å². The maximum Gasteiger partial charge on any atom is 0.315 e. The van der Waals surface area contributed by atoms with Crippen LogP contribution in [-0.2, 0) is 9.59 Å². The maximum atomic E-state index is 11.6. The molecule has 18 heavy (non-hydrogen) atoms. The van der Waals surface area contributed by atoms with Crippen molar-refractivity contribution in [1.82, 2.24) is 0 Å². The molecule has 0 atom stereocenters. The maximum absolute atomic E-state index is 11.6. The number of amides is 2. The molecule has 0 bridgehead atoms. The lowest BCUT2D eigenvalue weighted by Crippen LogP contribution is -2.37. The molecule has 1 rings (SSSR count). The van der Waals surface area contributed by atoms with Crippen LogP contribution in [0.25, 0.3) is 0 Å². The Labute approximate surface area is 105 Å². The summed E-state index contributed by atoms with van der Waals surface area (Å²) in [6, 6.07) is 3.34. The molecule has 0 aliphatic rings. The predicted molar refractivity (Wildman–Crippen MR) is 66.9 cm³/mol. The summed E-state index contributed by atoms with van der Waals surface area (Å²) in [7, 11) is 4.45. The van der Waals surface area contributed by atoms with Crippen molar-refractivity contribution in [2.45, 2.75) is 6.92 Å². The van der Waals surface area contributed by atoms with Gasteiger partial charge in [0.05, 0.1) is 19.9 Å². The third-order valence-corrected chi connectivity index (χ3v) is 2.57. The minimum atomic E-state index is -1.03. The van der Waals surface area contributed by atoms with E-state index in [1.807, 2.05) is 6.92 Å². The second-order valence-corrected chi connectivity index (χ2v) is 3.72. The zero-order valence-corrected chi connectivity index (χ0v) is 10.8. The van der Waals surface area contributed by atoms with Crippen molar-refractivity contribution < 1.29 is 19.1 Å². The van der Waals surface area contributed by atoms with Gasteiger partial charge in [-0.05, 0) is 18.6 Å². The fourth-order valence-corrected chi connectivity index (χ4v) is 1.57. The minimum Gasteiger partial charge on any atom is -0.496 e. The van der Waals surface area contributed by atoms with Gasteiger partial charge in [0.2, 0.25) is 0 Å². The molecule has 0 fully saturated rings. The van der Waals surface area contributed by atoms with E-state index in [1.165, 1.54) is 21.3 Å². The Morgan fingerprint density at radius 1 is 1.17 bits per heavy atom. The third-order valence-electron chi connectivity index (χ3n) is 2.57. The first kappa shape index (κ1) is 13.8. The number of hydrogen-bond donors (Lipinski definition) is 1. The summed E-state index contributed by atoms with van der Waals surface area (Å²) in [6.07, 6.45) is 0. The van der Waals surface area contributed by atoms with Gasteiger partial charge in [-0.2, -0.15) is 0 Å².